The highest BCUT2D eigenvalue weighted by Gasteiger charge is 2.28. The van der Waals surface area contributed by atoms with Gasteiger partial charge in [0.1, 0.15) is 13.1 Å². The van der Waals surface area contributed by atoms with Crippen molar-refractivity contribution in [3.8, 4) is 0 Å². The van der Waals surface area contributed by atoms with Crippen molar-refractivity contribution in [2.45, 2.75) is 66.5 Å². The lowest BCUT2D eigenvalue weighted by molar-refractivity contribution is -0.870. The van der Waals surface area contributed by atoms with Crippen LogP contribution in [0.2, 0.25) is 0 Å². The lowest BCUT2D eigenvalue weighted by Crippen LogP contribution is -3.24. The first-order chi connectivity index (χ1) is 10.8. The Labute approximate surface area is 169 Å². The van der Waals surface area contributed by atoms with Crippen molar-refractivity contribution in [1.82, 2.24) is 0 Å². The van der Waals surface area contributed by atoms with Gasteiger partial charge in [0.25, 0.3) is 0 Å². The number of ether oxygens (including phenoxy) is 2. The van der Waals surface area contributed by atoms with E-state index in [1.807, 2.05) is 13.8 Å². The van der Waals surface area contributed by atoms with Crippen LogP contribution in [0.25, 0.3) is 0 Å². The molecule has 25 heavy (non-hydrogen) atoms. The summed E-state index contributed by atoms with van der Waals surface area (Å²) in [5.74, 6) is -0.298. The van der Waals surface area contributed by atoms with E-state index in [4.69, 9.17) is 9.47 Å². The summed E-state index contributed by atoms with van der Waals surface area (Å²) in [4.78, 5) is 23.1. The summed E-state index contributed by atoms with van der Waals surface area (Å²) < 4.78 is 12.5. The monoisotopic (exact) mass is 420 g/mol. The molecular weight excluding hydrogens is 387 g/mol. The van der Waals surface area contributed by atoms with Crippen LogP contribution in [0.15, 0.2) is 0 Å². The highest BCUT2D eigenvalue weighted by atomic mass is 35.5. The molecule has 0 bridgehead atoms. The number of nitrogens with one attached hydrogen (secondary N) is 2. The average molecular weight is 421 g/mol. The van der Waals surface area contributed by atoms with Crippen molar-refractivity contribution >= 4 is 24.1 Å². The number of carbonyl (C=O) groups excluding carboxylic acids is 2. The molecule has 152 valence electrons. The summed E-state index contributed by atoms with van der Waals surface area (Å²) >= 11 is 1.74. The van der Waals surface area contributed by atoms with Gasteiger partial charge in [0, 0.05) is 0 Å². The van der Waals surface area contributed by atoms with Crippen LogP contribution < -0.4 is 33.4 Å². The van der Waals surface area contributed by atoms with Crippen molar-refractivity contribution < 1.29 is 52.5 Å². The number of hydrogen-bond acceptors (Lipinski definition) is 5. The molecule has 2 atom stereocenters. The molecule has 0 aliphatic heterocycles. The second-order valence-corrected chi connectivity index (χ2v) is 7.21. The molecular formula is C16H34Cl2N2O4S. The van der Waals surface area contributed by atoms with Gasteiger partial charge in [-0.1, -0.05) is 0 Å². The van der Waals surface area contributed by atoms with Crippen LogP contribution in [0.3, 0.4) is 0 Å². The second kappa shape index (κ2) is 17.2. The van der Waals surface area contributed by atoms with Gasteiger partial charge in [0.15, 0.2) is 0 Å². The molecule has 0 aromatic rings. The fourth-order valence-electron chi connectivity index (χ4n) is 2.00. The topological polar surface area (TPSA) is 61.5 Å². The molecule has 0 fully saturated rings. The van der Waals surface area contributed by atoms with Crippen LogP contribution in [-0.2, 0) is 19.1 Å². The van der Waals surface area contributed by atoms with Crippen molar-refractivity contribution in [1.29, 1.82) is 0 Å². The van der Waals surface area contributed by atoms with E-state index in [1.165, 1.54) is 8.61 Å². The fourth-order valence-corrected chi connectivity index (χ4v) is 3.22. The van der Waals surface area contributed by atoms with Gasteiger partial charge in [0.05, 0.1) is 38.1 Å². The number of quaternary nitrogens is 2. The molecule has 0 aromatic carbocycles. The van der Waals surface area contributed by atoms with E-state index in [-0.39, 0.29) is 36.8 Å². The molecule has 0 heterocycles. The molecule has 0 aliphatic carbocycles. The Morgan fingerprint density at radius 1 is 0.800 bits per heavy atom. The maximum absolute atomic E-state index is 11.6. The van der Waals surface area contributed by atoms with Gasteiger partial charge >= 0.3 is 24.1 Å². The highest BCUT2D eigenvalue weighted by molar-refractivity contribution is 7.86. The number of halogens is 2. The van der Waals surface area contributed by atoms with Crippen LogP contribution in [0.4, 0.5) is 0 Å². The minimum Gasteiger partial charge on any atom is -1.00 e. The Bertz CT molecular complexity index is 329. The van der Waals surface area contributed by atoms with Crippen LogP contribution in [0.5, 0.6) is 0 Å². The first kappa shape index (κ1) is 29.5. The minimum absolute atomic E-state index is 0. The van der Waals surface area contributed by atoms with E-state index in [1.54, 1.807) is 12.1 Å². The van der Waals surface area contributed by atoms with E-state index in [0.29, 0.717) is 38.1 Å². The van der Waals surface area contributed by atoms with Gasteiger partial charge in [-0.15, -0.1) is 0 Å². The van der Waals surface area contributed by atoms with Crippen molar-refractivity contribution in [2.75, 3.05) is 26.3 Å². The lowest BCUT2D eigenvalue weighted by atomic mass is 10.3. The largest absolute Gasteiger partial charge is 1.00 e. The van der Waals surface area contributed by atoms with E-state index >= 15 is 0 Å². The van der Waals surface area contributed by atoms with E-state index in [9.17, 15) is 9.59 Å². The Balaban J connectivity index is -0.00000242. The van der Waals surface area contributed by atoms with Gasteiger partial charge in [0.2, 0.25) is 0 Å². The lowest BCUT2D eigenvalue weighted by Gasteiger charge is -2.25. The van der Waals surface area contributed by atoms with Gasteiger partial charge in [-0.2, -0.15) is 0 Å². The quantitative estimate of drug-likeness (QED) is 0.243. The third-order valence-corrected chi connectivity index (χ3v) is 5.19. The third kappa shape index (κ3) is 14.6. The summed E-state index contributed by atoms with van der Waals surface area (Å²) in [6.07, 6.45) is 0.829. The average Bonchev–Trinajstić information content (AvgIpc) is 2.46. The molecule has 0 aromatic heterocycles. The predicted octanol–water partition coefficient (Wildman–Crippen LogP) is -5.95. The molecule has 0 radical (unpaired) electrons. The first-order valence-corrected chi connectivity index (χ1v) is 9.33. The van der Waals surface area contributed by atoms with Crippen molar-refractivity contribution in [2.24, 2.45) is 0 Å². The number of esters is 2. The maximum Gasteiger partial charge on any atom is 0.320 e. The molecule has 6 nitrogen and oxygen atoms in total. The molecule has 0 saturated heterocycles. The van der Waals surface area contributed by atoms with E-state index in [0.717, 1.165) is 13.1 Å². The SMILES string of the molecule is CCOC(=O)CC[NH+](S[NH+](CCC(=O)OCC)C(C)C)C(C)C.[Cl-].[Cl-]. The van der Waals surface area contributed by atoms with Gasteiger partial charge in [-0.25, -0.2) is 8.61 Å². The maximum atomic E-state index is 11.6. The smallest absolute Gasteiger partial charge is 0.320 e. The van der Waals surface area contributed by atoms with Gasteiger partial charge in [-0.3, -0.25) is 9.59 Å². The van der Waals surface area contributed by atoms with Crippen molar-refractivity contribution in [3.05, 3.63) is 0 Å². The first-order valence-electron chi connectivity index (χ1n) is 8.52. The van der Waals surface area contributed by atoms with E-state index < -0.39 is 0 Å². The van der Waals surface area contributed by atoms with Crippen molar-refractivity contribution in [3.63, 3.8) is 0 Å². The summed E-state index contributed by atoms with van der Waals surface area (Å²) in [6.45, 7) is 14.5. The third-order valence-electron chi connectivity index (χ3n) is 3.31. The second-order valence-electron chi connectivity index (χ2n) is 5.95. The minimum atomic E-state index is -0.149. The number of carbonyl (C=O) groups is 2. The van der Waals surface area contributed by atoms with Crippen LogP contribution in [0.1, 0.15) is 54.4 Å². The molecule has 0 spiro atoms. The number of hydrogen-bond donors (Lipinski definition) is 2. The fraction of sp³-hybridized carbons (Fsp3) is 0.875. The molecule has 2 N–H and O–H groups in total. The Morgan fingerprint density at radius 3 is 1.36 bits per heavy atom. The zero-order chi connectivity index (χ0) is 17.8. The zero-order valence-electron chi connectivity index (χ0n) is 16.2. The Kier molecular flexibility index (Phi) is 20.3. The molecule has 9 heteroatoms. The summed E-state index contributed by atoms with van der Waals surface area (Å²) in [5.41, 5.74) is 0. The molecule has 2 unspecified atom stereocenters. The normalized spacial score (nSPS) is 12.8. The van der Waals surface area contributed by atoms with Crippen LogP contribution in [0, 0.1) is 0 Å². The highest BCUT2D eigenvalue weighted by Crippen LogP contribution is 1.89. The molecule has 0 rings (SSSR count). The standard InChI is InChI=1S/C16H32N2O4S.2ClH/c1-7-21-15(19)9-11-17(13(3)4)23-18(14(5)6)12-10-16(20)22-8-2;;/h13-14H,7-12H2,1-6H3;2*1H. The van der Waals surface area contributed by atoms with Gasteiger partial charge < -0.3 is 34.3 Å². The van der Waals surface area contributed by atoms with Gasteiger partial charge in [-0.05, 0) is 41.5 Å². The molecule has 0 aliphatic rings. The summed E-state index contributed by atoms with van der Waals surface area (Å²) in [6, 6.07) is 0.761. The number of rotatable bonds is 12. The Morgan fingerprint density at radius 2 is 1.12 bits per heavy atom. The Hall–Kier alpha value is -0.210. The molecule has 0 saturated carbocycles. The zero-order valence-corrected chi connectivity index (χ0v) is 18.5. The van der Waals surface area contributed by atoms with E-state index in [2.05, 4.69) is 27.7 Å². The summed E-state index contributed by atoms with van der Waals surface area (Å²) in [5, 5.41) is 0. The van der Waals surface area contributed by atoms with Crippen LogP contribution in [-0.4, -0.2) is 50.3 Å². The summed E-state index contributed by atoms with van der Waals surface area (Å²) in [7, 11) is 0. The predicted molar refractivity (Wildman–Crippen MR) is 92.0 cm³/mol. The molecule has 0 amide bonds. The van der Waals surface area contributed by atoms with Crippen LogP contribution >= 0.6 is 12.1 Å².